The average molecular weight is 498 g/mol. The summed E-state index contributed by atoms with van der Waals surface area (Å²) in [5.41, 5.74) is 5.80. The second-order valence-corrected chi connectivity index (χ2v) is 9.05. The molecular weight excluding hydrogens is 480 g/mol. The zero-order valence-electron chi connectivity index (χ0n) is 15.3. The largest absolute Gasteiger partial charge is 0.464 e. The van der Waals surface area contributed by atoms with E-state index >= 15 is 0 Å². The van der Waals surface area contributed by atoms with Crippen molar-refractivity contribution in [1.29, 1.82) is 0 Å². The van der Waals surface area contributed by atoms with Crippen LogP contribution in [0.1, 0.15) is 40.9 Å². The predicted molar refractivity (Wildman–Crippen MR) is 119 cm³/mol. The van der Waals surface area contributed by atoms with Crippen LogP contribution in [-0.4, -0.2) is 10.7 Å². The summed E-state index contributed by atoms with van der Waals surface area (Å²) < 4.78 is 8.52. The minimum absolute atomic E-state index is 0.159. The minimum Gasteiger partial charge on any atom is -0.464 e. The number of hydrogen-bond acceptors (Lipinski definition) is 3. The van der Waals surface area contributed by atoms with Gasteiger partial charge in [-0.05, 0) is 42.8 Å². The van der Waals surface area contributed by atoms with Gasteiger partial charge in [-0.1, -0.05) is 73.8 Å². The summed E-state index contributed by atoms with van der Waals surface area (Å²) in [6.45, 7) is 2.11. The van der Waals surface area contributed by atoms with Gasteiger partial charge >= 0.3 is 0 Å². The highest BCUT2D eigenvalue weighted by Crippen LogP contribution is 2.48. The third-order valence-corrected chi connectivity index (χ3v) is 6.31. The molecule has 5 heteroatoms. The van der Waals surface area contributed by atoms with Crippen molar-refractivity contribution in [2.75, 3.05) is 0 Å². The van der Waals surface area contributed by atoms with Crippen LogP contribution < -0.4 is 4.74 Å². The molecule has 2 aliphatic heterocycles. The van der Waals surface area contributed by atoms with E-state index in [0.29, 0.717) is 0 Å². The normalized spacial score (nSPS) is 20.2. The number of hydrogen-bond donors (Lipinski definition) is 0. The van der Waals surface area contributed by atoms with Gasteiger partial charge in [0.1, 0.15) is 5.75 Å². The Morgan fingerprint density at radius 2 is 1.64 bits per heavy atom. The summed E-state index contributed by atoms with van der Waals surface area (Å²) in [4.78, 5) is 0. The molecule has 28 heavy (non-hydrogen) atoms. The van der Waals surface area contributed by atoms with Gasteiger partial charge in [0.05, 0.1) is 11.8 Å². The molecule has 0 spiro atoms. The van der Waals surface area contributed by atoms with Crippen molar-refractivity contribution in [3.63, 3.8) is 0 Å². The maximum Gasteiger partial charge on any atom is 0.213 e. The molecule has 2 atom stereocenters. The standard InChI is InChI=1S/C23H18Br2N2O/c1-14-2-4-15(5-3-14)20-13-21-19-12-18(25)10-11-22(19)28-23(27(21)26-20)16-6-8-17(24)9-7-16/h2-12,21,23H,13H2,1H3/t21-,23-/m0/s1. The predicted octanol–water partition coefficient (Wildman–Crippen LogP) is 6.76. The van der Waals surface area contributed by atoms with E-state index in [0.717, 1.165) is 32.4 Å². The SMILES string of the molecule is Cc1ccc(C2=NN3[C@@H](C2)c2cc(Br)ccc2O[C@H]3c2ccc(Br)cc2)cc1. The van der Waals surface area contributed by atoms with Gasteiger partial charge in [-0.25, -0.2) is 5.01 Å². The van der Waals surface area contributed by atoms with E-state index in [9.17, 15) is 0 Å². The maximum atomic E-state index is 6.41. The van der Waals surface area contributed by atoms with E-state index in [1.54, 1.807) is 0 Å². The zero-order valence-corrected chi connectivity index (χ0v) is 18.4. The van der Waals surface area contributed by atoms with Crippen LogP contribution in [0.2, 0.25) is 0 Å². The highest BCUT2D eigenvalue weighted by molar-refractivity contribution is 9.10. The first-order valence-corrected chi connectivity index (χ1v) is 10.8. The van der Waals surface area contributed by atoms with Crippen LogP contribution in [0.25, 0.3) is 0 Å². The van der Waals surface area contributed by atoms with Gasteiger partial charge in [0.15, 0.2) is 0 Å². The number of fused-ring (bicyclic) bond motifs is 3. The van der Waals surface area contributed by atoms with Crippen molar-refractivity contribution in [2.24, 2.45) is 5.10 Å². The summed E-state index contributed by atoms with van der Waals surface area (Å²) in [5.74, 6) is 0.928. The van der Waals surface area contributed by atoms with Gasteiger partial charge in [0.2, 0.25) is 6.23 Å². The third-order valence-electron chi connectivity index (χ3n) is 5.29. The van der Waals surface area contributed by atoms with Gasteiger partial charge in [-0.15, -0.1) is 0 Å². The highest BCUT2D eigenvalue weighted by Gasteiger charge is 2.41. The van der Waals surface area contributed by atoms with Crippen LogP contribution in [0.15, 0.2) is 80.8 Å². The fourth-order valence-corrected chi connectivity index (χ4v) is 4.47. The molecule has 0 bridgehead atoms. The summed E-state index contributed by atoms with van der Waals surface area (Å²) in [6.07, 6.45) is 0.623. The number of rotatable bonds is 2. The van der Waals surface area contributed by atoms with Crippen LogP contribution in [0, 0.1) is 6.92 Å². The van der Waals surface area contributed by atoms with Gasteiger partial charge in [0.25, 0.3) is 0 Å². The summed E-state index contributed by atoms with van der Waals surface area (Å²) in [6, 6.07) is 23.3. The fourth-order valence-electron chi connectivity index (χ4n) is 3.83. The maximum absolute atomic E-state index is 6.41. The molecule has 5 rings (SSSR count). The molecule has 0 N–H and O–H groups in total. The number of nitrogens with zero attached hydrogens (tertiary/aromatic N) is 2. The van der Waals surface area contributed by atoms with Gasteiger partial charge in [-0.2, -0.15) is 5.10 Å². The number of benzene rings is 3. The van der Waals surface area contributed by atoms with Crippen molar-refractivity contribution in [2.45, 2.75) is 25.6 Å². The Morgan fingerprint density at radius 3 is 2.39 bits per heavy atom. The summed E-state index contributed by atoms with van der Waals surface area (Å²) in [7, 11) is 0. The molecule has 0 radical (unpaired) electrons. The van der Waals surface area contributed by atoms with Crippen LogP contribution in [0.4, 0.5) is 0 Å². The molecular formula is C23H18Br2N2O. The molecule has 2 aliphatic rings. The second kappa shape index (κ2) is 7.05. The van der Waals surface area contributed by atoms with E-state index in [4.69, 9.17) is 9.84 Å². The molecule has 3 nitrogen and oxygen atoms in total. The van der Waals surface area contributed by atoms with Gasteiger partial charge < -0.3 is 4.74 Å². The summed E-state index contributed by atoms with van der Waals surface area (Å²) in [5, 5.41) is 7.13. The molecule has 0 saturated carbocycles. The molecule has 2 heterocycles. The molecule has 0 amide bonds. The van der Waals surface area contributed by atoms with Crippen LogP contribution in [0.5, 0.6) is 5.75 Å². The van der Waals surface area contributed by atoms with Crippen molar-refractivity contribution >= 4 is 37.6 Å². The first-order valence-electron chi connectivity index (χ1n) is 9.23. The smallest absolute Gasteiger partial charge is 0.213 e. The number of halogens is 2. The van der Waals surface area contributed by atoms with Gasteiger partial charge in [-0.3, -0.25) is 0 Å². The van der Waals surface area contributed by atoms with Gasteiger partial charge in [0, 0.05) is 26.5 Å². The lowest BCUT2D eigenvalue weighted by Gasteiger charge is -2.38. The Morgan fingerprint density at radius 1 is 0.929 bits per heavy atom. The minimum atomic E-state index is -0.241. The van der Waals surface area contributed by atoms with Crippen molar-refractivity contribution in [1.82, 2.24) is 5.01 Å². The molecule has 0 aliphatic carbocycles. The first kappa shape index (κ1) is 18.0. The fraction of sp³-hybridized carbons (Fsp3) is 0.174. The Labute approximate surface area is 181 Å². The van der Waals surface area contributed by atoms with E-state index in [1.165, 1.54) is 16.7 Å². The lowest BCUT2D eigenvalue weighted by Crippen LogP contribution is -2.33. The monoisotopic (exact) mass is 496 g/mol. The third kappa shape index (κ3) is 3.16. The number of aryl methyl sites for hydroxylation is 1. The topological polar surface area (TPSA) is 24.8 Å². The molecule has 3 aromatic rings. The molecule has 0 fully saturated rings. The van der Waals surface area contributed by atoms with Crippen molar-refractivity contribution in [3.05, 3.63) is 97.9 Å². The second-order valence-electron chi connectivity index (χ2n) is 7.22. The molecule has 3 aromatic carbocycles. The van der Waals surface area contributed by atoms with E-state index in [1.807, 2.05) is 24.3 Å². The lowest BCUT2D eigenvalue weighted by atomic mass is 9.95. The van der Waals surface area contributed by atoms with Crippen molar-refractivity contribution < 1.29 is 4.74 Å². The number of hydrazone groups is 1. The number of ether oxygens (including phenoxy) is 1. The van der Waals surface area contributed by atoms with E-state index < -0.39 is 0 Å². The Hall–Kier alpha value is -2.11. The molecule has 0 unspecified atom stereocenters. The van der Waals surface area contributed by atoms with E-state index in [2.05, 4.69) is 86.3 Å². The Kier molecular flexibility index (Phi) is 4.52. The Balaban J connectivity index is 1.59. The zero-order chi connectivity index (χ0) is 19.3. The average Bonchev–Trinajstić information content (AvgIpc) is 3.14. The molecule has 0 aromatic heterocycles. The van der Waals surface area contributed by atoms with Crippen LogP contribution in [-0.2, 0) is 0 Å². The molecule has 0 saturated heterocycles. The van der Waals surface area contributed by atoms with Crippen molar-refractivity contribution in [3.8, 4) is 5.75 Å². The Bertz CT molecular complexity index is 1060. The first-order chi connectivity index (χ1) is 13.6. The quantitative estimate of drug-likeness (QED) is 0.390. The van der Waals surface area contributed by atoms with Crippen LogP contribution in [0.3, 0.4) is 0 Å². The summed E-state index contributed by atoms with van der Waals surface area (Å²) >= 11 is 7.13. The highest BCUT2D eigenvalue weighted by atomic mass is 79.9. The van der Waals surface area contributed by atoms with E-state index in [-0.39, 0.29) is 12.3 Å². The van der Waals surface area contributed by atoms with Crippen LogP contribution >= 0.6 is 31.9 Å². The lowest BCUT2D eigenvalue weighted by molar-refractivity contribution is -0.0190. The molecule has 140 valence electrons.